The molecule has 0 spiro atoms. The van der Waals surface area contributed by atoms with Crippen molar-refractivity contribution >= 4 is 68.7 Å². The first-order valence-electron chi connectivity index (χ1n) is 8.80. The van der Waals surface area contributed by atoms with E-state index in [4.69, 9.17) is 32.4 Å². The van der Waals surface area contributed by atoms with E-state index in [0.29, 0.717) is 16.5 Å². The highest BCUT2D eigenvalue weighted by molar-refractivity contribution is 9.10. The molecule has 0 aliphatic carbocycles. The summed E-state index contributed by atoms with van der Waals surface area (Å²) in [6.45, 7) is 0.0501. The third-order valence-electron chi connectivity index (χ3n) is 4.56. The van der Waals surface area contributed by atoms with Crippen LogP contribution in [0.4, 0.5) is 0 Å². The van der Waals surface area contributed by atoms with Gasteiger partial charge in [-0.1, -0.05) is 39.1 Å². The fraction of sp³-hybridized carbons (Fsp3) is 0.211. The Morgan fingerprint density at radius 3 is 2.81 bits per heavy atom. The minimum Gasteiger partial charge on any atom is -0.484 e. The molecule has 0 saturated carbocycles. The molecular weight excluding hydrogens is 535 g/mol. The zero-order valence-corrected chi connectivity index (χ0v) is 19.3. The van der Waals surface area contributed by atoms with Gasteiger partial charge in [-0.25, -0.2) is 4.79 Å². The highest BCUT2D eigenvalue weighted by atomic mass is 79.9. The minimum absolute atomic E-state index is 0.000375. The van der Waals surface area contributed by atoms with Crippen LogP contribution < -0.4 is 10.1 Å². The number of nitrogens with one attached hydrogen (secondary N) is 1. The summed E-state index contributed by atoms with van der Waals surface area (Å²) < 4.78 is 11.9. The number of hydrogen-bond acceptors (Lipinski definition) is 6. The fourth-order valence-corrected chi connectivity index (χ4v) is 5.39. The molecule has 2 atom stereocenters. The molecular formula is C19H13BrCl2N2O6S. The van der Waals surface area contributed by atoms with E-state index in [9.17, 15) is 19.5 Å². The number of nitrogens with zero attached hydrogens (tertiary/aromatic N) is 1. The molecule has 2 N–H and O–H groups in total. The average molecular weight is 548 g/mol. The number of halogens is 3. The van der Waals surface area contributed by atoms with Crippen molar-refractivity contribution in [2.75, 3.05) is 5.75 Å². The van der Waals surface area contributed by atoms with E-state index < -0.39 is 29.2 Å². The molecule has 162 valence electrons. The standard InChI is InChI=1S/C19H13BrCl2N2O6S/c20-8-1-3-12(10(21)5-8)29-6-9-2-4-13(30-9)16(25)23-14-17(26)24-15(19(27)28)11(22)7-31-18(14)24/h1-5,14,18H,6-7H2,(H,23,25)(H,27,28)/t14-,18-/m1/s1. The van der Waals surface area contributed by atoms with Crippen molar-refractivity contribution in [2.24, 2.45) is 0 Å². The largest absolute Gasteiger partial charge is 0.484 e. The van der Waals surface area contributed by atoms with Crippen LogP contribution in [0.5, 0.6) is 5.75 Å². The molecule has 1 saturated heterocycles. The van der Waals surface area contributed by atoms with Gasteiger partial charge in [0.25, 0.3) is 11.8 Å². The predicted octanol–water partition coefficient (Wildman–Crippen LogP) is 3.82. The van der Waals surface area contributed by atoms with Crippen LogP contribution in [0.1, 0.15) is 16.3 Å². The third-order valence-corrected chi connectivity index (χ3v) is 7.10. The molecule has 0 unspecified atom stereocenters. The van der Waals surface area contributed by atoms with Gasteiger partial charge in [-0.3, -0.25) is 14.5 Å². The second-order valence-electron chi connectivity index (χ2n) is 6.55. The third kappa shape index (κ3) is 4.30. The van der Waals surface area contributed by atoms with Gasteiger partial charge in [0.1, 0.15) is 35.2 Å². The van der Waals surface area contributed by atoms with E-state index in [1.807, 2.05) is 0 Å². The van der Waals surface area contributed by atoms with Crippen LogP contribution in [-0.2, 0) is 16.2 Å². The van der Waals surface area contributed by atoms with Crippen LogP contribution in [0, 0.1) is 0 Å². The highest BCUT2D eigenvalue weighted by Crippen LogP contribution is 2.41. The summed E-state index contributed by atoms with van der Waals surface area (Å²) in [5, 5.41) is 11.9. The number of amides is 2. The lowest BCUT2D eigenvalue weighted by atomic mass is 10.0. The van der Waals surface area contributed by atoms with Crippen LogP contribution in [0.25, 0.3) is 0 Å². The zero-order valence-electron chi connectivity index (χ0n) is 15.4. The van der Waals surface area contributed by atoms with Gasteiger partial charge in [0, 0.05) is 10.2 Å². The number of carbonyl (C=O) groups excluding carboxylic acids is 2. The van der Waals surface area contributed by atoms with E-state index in [-0.39, 0.29) is 28.8 Å². The SMILES string of the molecule is O=C(O)C1=C(Cl)CS[C@@H]2[C@H](NC(=O)c3ccc(COc4ccc(Br)cc4Cl)o3)C(=O)N12. The average Bonchev–Trinajstić information content (AvgIpc) is 3.20. The molecule has 1 fully saturated rings. The Morgan fingerprint density at radius 2 is 2.10 bits per heavy atom. The zero-order chi connectivity index (χ0) is 22.3. The van der Waals surface area contributed by atoms with E-state index in [2.05, 4.69) is 21.2 Å². The van der Waals surface area contributed by atoms with E-state index in [1.165, 1.54) is 17.8 Å². The van der Waals surface area contributed by atoms with Crippen LogP contribution in [0.2, 0.25) is 5.02 Å². The molecule has 4 rings (SSSR count). The number of carbonyl (C=O) groups is 3. The van der Waals surface area contributed by atoms with Crippen molar-refractivity contribution < 1.29 is 28.6 Å². The molecule has 1 aromatic carbocycles. The molecule has 2 aliphatic rings. The summed E-state index contributed by atoms with van der Waals surface area (Å²) >= 11 is 16.6. The fourth-order valence-electron chi connectivity index (χ4n) is 3.11. The van der Waals surface area contributed by atoms with Crippen molar-refractivity contribution in [3.05, 3.63) is 62.1 Å². The molecule has 0 bridgehead atoms. The number of hydrogen-bond donors (Lipinski definition) is 2. The molecule has 31 heavy (non-hydrogen) atoms. The molecule has 1 aromatic heterocycles. The van der Waals surface area contributed by atoms with Crippen LogP contribution >= 0.6 is 50.9 Å². The summed E-state index contributed by atoms with van der Waals surface area (Å²) in [6, 6.07) is 7.34. The Hall–Kier alpha value is -2.14. The molecule has 2 aromatic rings. The Kier molecular flexibility index (Phi) is 6.25. The predicted molar refractivity (Wildman–Crippen MR) is 117 cm³/mol. The van der Waals surface area contributed by atoms with E-state index in [0.717, 1.165) is 9.37 Å². The molecule has 8 nitrogen and oxygen atoms in total. The number of benzene rings is 1. The molecule has 2 amide bonds. The number of ether oxygens (including phenoxy) is 1. The molecule has 12 heteroatoms. The molecule has 2 aliphatic heterocycles. The summed E-state index contributed by atoms with van der Waals surface area (Å²) in [6.07, 6.45) is 0. The van der Waals surface area contributed by atoms with Gasteiger partial charge in [0.05, 0.1) is 10.1 Å². The van der Waals surface area contributed by atoms with Gasteiger partial charge in [-0.2, -0.15) is 0 Å². The van der Waals surface area contributed by atoms with E-state index in [1.54, 1.807) is 24.3 Å². The Balaban J connectivity index is 1.38. The number of thioether (sulfide) groups is 1. The van der Waals surface area contributed by atoms with Crippen LogP contribution in [0.15, 0.2) is 50.0 Å². The molecule has 0 radical (unpaired) electrons. The number of carboxylic acids is 1. The first kappa shape index (κ1) is 22.1. The maximum Gasteiger partial charge on any atom is 0.353 e. The van der Waals surface area contributed by atoms with Gasteiger partial charge >= 0.3 is 5.97 Å². The number of β-lactam (4-membered cyclic amide) rings is 1. The topological polar surface area (TPSA) is 109 Å². The summed E-state index contributed by atoms with van der Waals surface area (Å²) in [5.41, 5.74) is -0.245. The number of fused-ring (bicyclic) bond motifs is 1. The quantitative estimate of drug-likeness (QED) is 0.529. The first-order chi connectivity index (χ1) is 14.8. The van der Waals surface area contributed by atoms with Crippen LogP contribution in [0.3, 0.4) is 0 Å². The number of furan rings is 1. The number of aliphatic carboxylic acids is 1. The van der Waals surface area contributed by atoms with Crippen LogP contribution in [-0.4, -0.2) is 45.0 Å². The summed E-state index contributed by atoms with van der Waals surface area (Å²) in [4.78, 5) is 37.4. The lowest BCUT2D eigenvalue weighted by Gasteiger charge is -2.48. The number of rotatable bonds is 6. The van der Waals surface area contributed by atoms with Crippen molar-refractivity contribution in [1.29, 1.82) is 0 Å². The summed E-state index contributed by atoms with van der Waals surface area (Å²) in [7, 11) is 0. The Morgan fingerprint density at radius 1 is 1.32 bits per heavy atom. The van der Waals surface area contributed by atoms with Gasteiger partial charge in [-0.05, 0) is 30.3 Å². The van der Waals surface area contributed by atoms with Gasteiger partial charge in [0.15, 0.2) is 5.76 Å². The minimum atomic E-state index is -1.28. The van der Waals surface area contributed by atoms with Gasteiger partial charge in [0.2, 0.25) is 0 Å². The smallest absolute Gasteiger partial charge is 0.353 e. The van der Waals surface area contributed by atoms with Crippen molar-refractivity contribution in [1.82, 2.24) is 10.2 Å². The van der Waals surface area contributed by atoms with Crippen molar-refractivity contribution in [3.8, 4) is 5.75 Å². The van der Waals surface area contributed by atoms with Gasteiger partial charge in [-0.15, -0.1) is 11.8 Å². The lowest BCUT2D eigenvalue weighted by molar-refractivity contribution is -0.148. The maximum absolute atomic E-state index is 12.5. The Bertz CT molecular complexity index is 1120. The maximum atomic E-state index is 12.5. The Labute approximate surface area is 198 Å². The summed E-state index contributed by atoms with van der Waals surface area (Å²) in [5.74, 6) is -1.33. The second kappa shape index (κ2) is 8.78. The second-order valence-corrected chi connectivity index (χ2v) is 9.43. The highest BCUT2D eigenvalue weighted by Gasteiger charge is 2.54. The van der Waals surface area contributed by atoms with E-state index >= 15 is 0 Å². The van der Waals surface area contributed by atoms with Crippen molar-refractivity contribution in [2.45, 2.75) is 18.0 Å². The van der Waals surface area contributed by atoms with Crippen molar-refractivity contribution in [3.63, 3.8) is 0 Å². The normalized spacial score (nSPS) is 20.2. The first-order valence-corrected chi connectivity index (χ1v) is 11.4. The lowest BCUT2D eigenvalue weighted by Crippen LogP contribution is -2.70. The van der Waals surface area contributed by atoms with Gasteiger partial charge < -0.3 is 19.6 Å². The number of carboxylic acid groups (broad SMARTS) is 1. The monoisotopic (exact) mass is 546 g/mol. The molecule has 3 heterocycles.